The van der Waals surface area contributed by atoms with Gasteiger partial charge in [0.2, 0.25) is 0 Å². The van der Waals surface area contributed by atoms with E-state index in [0.29, 0.717) is 0 Å². The second-order valence-corrected chi connectivity index (χ2v) is 6.87. The predicted molar refractivity (Wildman–Crippen MR) is 88.6 cm³/mol. The summed E-state index contributed by atoms with van der Waals surface area (Å²) < 4.78 is 0. The molecule has 3 nitrogen and oxygen atoms in total. The van der Waals surface area contributed by atoms with Gasteiger partial charge in [-0.25, -0.2) is 0 Å². The largest absolute Gasteiger partial charge is 0.324 e. The van der Waals surface area contributed by atoms with Crippen molar-refractivity contribution in [3.63, 3.8) is 0 Å². The van der Waals surface area contributed by atoms with Crippen molar-refractivity contribution >= 4 is 11.6 Å². The zero-order valence-electron chi connectivity index (χ0n) is 12.7. The van der Waals surface area contributed by atoms with Crippen molar-refractivity contribution in [1.82, 2.24) is 9.80 Å². The van der Waals surface area contributed by atoms with E-state index < -0.39 is 0 Å². The van der Waals surface area contributed by atoms with Crippen molar-refractivity contribution < 1.29 is 0 Å². The lowest BCUT2D eigenvalue weighted by molar-refractivity contribution is 0.230. The molecule has 3 rings (SSSR count). The van der Waals surface area contributed by atoms with Crippen molar-refractivity contribution in [2.45, 2.75) is 37.8 Å². The molecule has 0 aromatic heterocycles. The topological polar surface area (TPSA) is 32.5 Å². The Hall–Kier alpha value is -0.610. The van der Waals surface area contributed by atoms with Gasteiger partial charge in [0.25, 0.3) is 0 Å². The molecule has 0 radical (unpaired) electrons. The normalized spacial score (nSPS) is 25.5. The molecular weight excluding hydrogens is 282 g/mol. The molecule has 2 atom stereocenters. The summed E-state index contributed by atoms with van der Waals surface area (Å²) in [5, 5.41) is 0.777. The Kier molecular flexibility index (Phi) is 5.17. The number of nitrogens with zero attached hydrogens (tertiary/aromatic N) is 2. The van der Waals surface area contributed by atoms with Crippen LogP contribution in [0, 0.1) is 0 Å². The molecule has 2 unspecified atom stereocenters. The van der Waals surface area contributed by atoms with Crippen molar-refractivity contribution in [3.05, 3.63) is 34.9 Å². The SMILES string of the molecule is NC(CCN1CCC(N2CCCC2)C1)c1ccc(Cl)cc1. The number of rotatable bonds is 5. The second-order valence-electron chi connectivity index (χ2n) is 6.43. The highest BCUT2D eigenvalue weighted by Crippen LogP contribution is 2.22. The average molecular weight is 308 g/mol. The summed E-state index contributed by atoms with van der Waals surface area (Å²) in [5.41, 5.74) is 7.49. The van der Waals surface area contributed by atoms with Crippen LogP contribution in [0.1, 0.15) is 37.3 Å². The van der Waals surface area contributed by atoms with Crippen LogP contribution in [0.25, 0.3) is 0 Å². The third kappa shape index (κ3) is 3.98. The molecule has 116 valence electrons. The lowest BCUT2D eigenvalue weighted by Crippen LogP contribution is -2.35. The van der Waals surface area contributed by atoms with Gasteiger partial charge in [0.15, 0.2) is 0 Å². The molecule has 0 amide bonds. The number of halogens is 1. The highest BCUT2D eigenvalue weighted by atomic mass is 35.5. The smallest absolute Gasteiger partial charge is 0.0406 e. The fraction of sp³-hybridized carbons (Fsp3) is 0.647. The zero-order valence-corrected chi connectivity index (χ0v) is 13.4. The van der Waals surface area contributed by atoms with Gasteiger partial charge >= 0.3 is 0 Å². The van der Waals surface area contributed by atoms with Crippen LogP contribution >= 0.6 is 11.6 Å². The molecule has 2 aliphatic heterocycles. The third-order valence-electron chi connectivity index (χ3n) is 4.96. The molecular formula is C17H26ClN3. The van der Waals surface area contributed by atoms with Crippen molar-refractivity contribution in [1.29, 1.82) is 0 Å². The Bertz CT molecular complexity index is 442. The Balaban J connectivity index is 1.44. The van der Waals surface area contributed by atoms with E-state index in [9.17, 15) is 0 Å². The lowest BCUT2D eigenvalue weighted by atomic mass is 10.0. The molecule has 2 aliphatic rings. The molecule has 2 N–H and O–H groups in total. The number of likely N-dealkylation sites (tertiary alicyclic amines) is 2. The van der Waals surface area contributed by atoms with Gasteiger partial charge in [-0.3, -0.25) is 4.90 Å². The fourth-order valence-corrected chi connectivity index (χ4v) is 3.74. The van der Waals surface area contributed by atoms with E-state index >= 15 is 0 Å². The molecule has 2 heterocycles. The van der Waals surface area contributed by atoms with Crippen LogP contribution in [0.3, 0.4) is 0 Å². The first-order valence-corrected chi connectivity index (χ1v) is 8.57. The molecule has 21 heavy (non-hydrogen) atoms. The summed E-state index contributed by atoms with van der Waals surface area (Å²) in [7, 11) is 0. The van der Waals surface area contributed by atoms with Gasteiger partial charge in [-0.05, 0) is 63.0 Å². The summed E-state index contributed by atoms with van der Waals surface area (Å²) in [6.07, 6.45) is 5.13. The van der Waals surface area contributed by atoms with Crippen LogP contribution in [-0.4, -0.2) is 48.6 Å². The van der Waals surface area contributed by atoms with Gasteiger partial charge in [0.1, 0.15) is 0 Å². The standard InChI is InChI=1S/C17H26ClN3/c18-15-5-3-14(4-6-15)17(19)8-12-20-11-7-16(13-20)21-9-1-2-10-21/h3-6,16-17H,1-2,7-13,19H2. The van der Waals surface area contributed by atoms with Crippen LogP contribution in [0.15, 0.2) is 24.3 Å². The first-order chi connectivity index (χ1) is 10.2. The first kappa shape index (κ1) is 15.3. The van der Waals surface area contributed by atoms with E-state index in [1.807, 2.05) is 24.3 Å². The van der Waals surface area contributed by atoms with Gasteiger partial charge in [0.05, 0.1) is 0 Å². The molecule has 0 bridgehead atoms. The zero-order chi connectivity index (χ0) is 14.7. The number of nitrogens with two attached hydrogens (primary N) is 1. The van der Waals surface area contributed by atoms with E-state index in [1.54, 1.807) is 0 Å². The Labute approximate surface area is 133 Å². The van der Waals surface area contributed by atoms with Crippen molar-refractivity contribution in [2.75, 3.05) is 32.7 Å². The van der Waals surface area contributed by atoms with Crippen LogP contribution in [-0.2, 0) is 0 Å². The van der Waals surface area contributed by atoms with E-state index in [-0.39, 0.29) is 6.04 Å². The van der Waals surface area contributed by atoms with Crippen LogP contribution < -0.4 is 5.73 Å². The highest BCUT2D eigenvalue weighted by molar-refractivity contribution is 6.30. The van der Waals surface area contributed by atoms with E-state index in [0.717, 1.165) is 24.0 Å². The van der Waals surface area contributed by atoms with Gasteiger partial charge in [-0.1, -0.05) is 23.7 Å². The monoisotopic (exact) mass is 307 g/mol. The minimum Gasteiger partial charge on any atom is -0.324 e. The molecule has 0 saturated carbocycles. The second kappa shape index (κ2) is 7.10. The minimum absolute atomic E-state index is 0.119. The third-order valence-corrected chi connectivity index (χ3v) is 5.21. The molecule has 1 aromatic rings. The minimum atomic E-state index is 0.119. The maximum absolute atomic E-state index is 6.30. The summed E-state index contributed by atoms with van der Waals surface area (Å²) >= 11 is 5.92. The summed E-state index contributed by atoms with van der Waals surface area (Å²) in [6.45, 7) is 6.18. The molecule has 1 aromatic carbocycles. The first-order valence-electron chi connectivity index (χ1n) is 8.20. The van der Waals surface area contributed by atoms with Crippen molar-refractivity contribution in [3.8, 4) is 0 Å². The molecule has 0 spiro atoms. The van der Waals surface area contributed by atoms with E-state index in [4.69, 9.17) is 17.3 Å². The van der Waals surface area contributed by atoms with Gasteiger partial charge in [-0.2, -0.15) is 0 Å². The summed E-state index contributed by atoms with van der Waals surface area (Å²) in [5.74, 6) is 0. The van der Waals surface area contributed by atoms with Gasteiger partial charge in [-0.15, -0.1) is 0 Å². The maximum Gasteiger partial charge on any atom is 0.0406 e. The van der Waals surface area contributed by atoms with Crippen LogP contribution in [0.5, 0.6) is 0 Å². The summed E-state index contributed by atoms with van der Waals surface area (Å²) in [4.78, 5) is 5.26. The number of hydrogen-bond acceptors (Lipinski definition) is 3. The molecule has 2 saturated heterocycles. The van der Waals surface area contributed by atoms with Crippen molar-refractivity contribution in [2.24, 2.45) is 5.73 Å². The summed E-state index contributed by atoms with van der Waals surface area (Å²) in [6, 6.07) is 8.85. The molecule has 0 aliphatic carbocycles. The maximum atomic E-state index is 6.30. The predicted octanol–water partition coefficient (Wildman–Crippen LogP) is 2.90. The Morgan fingerprint density at radius 2 is 1.86 bits per heavy atom. The van der Waals surface area contributed by atoms with Gasteiger partial charge in [0, 0.05) is 30.2 Å². The Morgan fingerprint density at radius 3 is 2.57 bits per heavy atom. The average Bonchev–Trinajstić information content (AvgIpc) is 3.16. The van der Waals surface area contributed by atoms with Gasteiger partial charge < -0.3 is 10.6 Å². The number of hydrogen-bond donors (Lipinski definition) is 1. The van der Waals surface area contributed by atoms with E-state index in [2.05, 4.69) is 9.80 Å². The quantitative estimate of drug-likeness (QED) is 0.908. The van der Waals surface area contributed by atoms with Crippen LogP contribution in [0.4, 0.5) is 0 Å². The lowest BCUT2D eigenvalue weighted by Gasteiger charge is -2.24. The van der Waals surface area contributed by atoms with Crippen LogP contribution in [0.2, 0.25) is 5.02 Å². The van der Waals surface area contributed by atoms with E-state index in [1.165, 1.54) is 51.0 Å². The molecule has 4 heteroatoms. The highest BCUT2D eigenvalue weighted by Gasteiger charge is 2.29. The fourth-order valence-electron chi connectivity index (χ4n) is 3.62. The Morgan fingerprint density at radius 1 is 1.14 bits per heavy atom. The molecule has 2 fully saturated rings. The number of benzene rings is 1.